The zero-order valence-electron chi connectivity index (χ0n) is 12.1. The van der Waals surface area contributed by atoms with Crippen LogP contribution in [0.4, 0.5) is 4.39 Å². The zero-order valence-corrected chi connectivity index (χ0v) is 14.6. The van der Waals surface area contributed by atoms with E-state index in [0.29, 0.717) is 11.1 Å². The van der Waals surface area contributed by atoms with E-state index in [2.05, 4.69) is 33.6 Å². The Balaban J connectivity index is 2.29. The van der Waals surface area contributed by atoms with E-state index >= 15 is 0 Å². The molecule has 1 aliphatic rings. The number of nitrogens with zero attached hydrogens (tertiary/aromatic N) is 2. The molecule has 0 fully saturated rings. The van der Waals surface area contributed by atoms with Crippen LogP contribution < -0.4 is 5.73 Å². The van der Waals surface area contributed by atoms with Crippen LogP contribution in [0.2, 0.25) is 0 Å². The van der Waals surface area contributed by atoms with Crippen LogP contribution in [0.3, 0.4) is 0 Å². The van der Waals surface area contributed by atoms with Crippen molar-refractivity contribution in [1.29, 1.82) is 0 Å². The predicted octanol–water partition coefficient (Wildman–Crippen LogP) is 2.91. The molecular weight excluding hydrogens is 381 g/mol. The van der Waals surface area contributed by atoms with Gasteiger partial charge in [0.2, 0.25) is 0 Å². The highest BCUT2D eigenvalue weighted by Gasteiger charge is 2.49. The van der Waals surface area contributed by atoms with E-state index in [1.54, 1.807) is 43.4 Å². The third kappa shape index (κ3) is 2.44. The molecule has 1 unspecified atom stereocenters. The average molecular weight is 394 g/mol. The number of carbonyl (C=O) groups excluding carboxylic acids is 1. The van der Waals surface area contributed by atoms with Crippen molar-refractivity contribution in [2.24, 2.45) is 10.7 Å². The lowest BCUT2D eigenvalue weighted by Gasteiger charge is -2.26. The van der Waals surface area contributed by atoms with Crippen molar-refractivity contribution in [2.75, 3.05) is 7.05 Å². The molecule has 0 radical (unpaired) electrons. The fourth-order valence-corrected chi connectivity index (χ4v) is 3.14. The molecule has 7 heteroatoms. The SMILES string of the molecule is CN1C(=O)C(c2ccc(S)cc2)(c2ccc(F)c(Br)c2)N=C1N. The minimum Gasteiger partial charge on any atom is -0.369 e. The molecule has 0 aromatic heterocycles. The number of benzene rings is 2. The Labute approximate surface area is 146 Å². The second-order valence-corrected chi connectivity index (χ2v) is 6.59. The largest absolute Gasteiger partial charge is 0.369 e. The number of carbonyl (C=O) groups is 1. The number of likely N-dealkylation sites (N-methyl/N-ethyl adjacent to an activating group) is 1. The van der Waals surface area contributed by atoms with Gasteiger partial charge in [-0.1, -0.05) is 18.2 Å². The summed E-state index contributed by atoms with van der Waals surface area (Å²) >= 11 is 7.42. The number of hydrogen-bond donors (Lipinski definition) is 2. The molecule has 3 rings (SSSR count). The molecule has 118 valence electrons. The predicted molar refractivity (Wildman–Crippen MR) is 93.0 cm³/mol. The van der Waals surface area contributed by atoms with Gasteiger partial charge in [-0.3, -0.25) is 9.69 Å². The number of rotatable bonds is 2. The first-order chi connectivity index (χ1) is 10.9. The minimum atomic E-state index is -1.32. The van der Waals surface area contributed by atoms with Gasteiger partial charge in [-0.2, -0.15) is 0 Å². The van der Waals surface area contributed by atoms with Crippen LogP contribution in [-0.2, 0) is 10.3 Å². The molecule has 2 N–H and O–H groups in total. The Morgan fingerprint density at radius 2 is 1.83 bits per heavy atom. The van der Waals surface area contributed by atoms with Crippen molar-refractivity contribution >= 4 is 40.4 Å². The van der Waals surface area contributed by atoms with Crippen molar-refractivity contribution in [2.45, 2.75) is 10.4 Å². The first kappa shape index (κ1) is 16.0. The monoisotopic (exact) mass is 393 g/mol. The van der Waals surface area contributed by atoms with Gasteiger partial charge in [-0.15, -0.1) is 12.6 Å². The quantitative estimate of drug-likeness (QED) is 0.770. The fourth-order valence-electron chi connectivity index (χ4n) is 2.61. The summed E-state index contributed by atoms with van der Waals surface area (Å²) in [6.07, 6.45) is 0. The number of guanidine groups is 1. The molecule has 0 spiro atoms. The molecule has 0 bridgehead atoms. The summed E-state index contributed by atoms with van der Waals surface area (Å²) in [5.41, 5.74) is 5.73. The maximum absolute atomic E-state index is 13.6. The van der Waals surface area contributed by atoms with Crippen molar-refractivity contribution < 1.29 is 9.18 Å². The van der Waals surface area contributed by atoms with E-state index < -0.39 is 11.4 Å². The number of nitrogens with two attached hydrogens (primary N) is 1. The van der Waals surface area contributed by atoms with Gasteiger partial charge in [0.05, 0.1) is 4.47 Å². The van der Waals surface area contributed by atoms with Gasteiger partial charge in [0.1, 0.15) is 5.82 Å². The Hall–Kier alpha value is -1.86. The maximum Gasteiger partial charge on any atom is 0.266 e. The molecule has 4 nitrogen and oxygen atoms in total. The fraction of sp³-hybridized carbons (Fsp3) is 0.125. The highest BCUT2D eigenvalue weighted by molar-refractivity contribution is 9.10. The summed E-state index contributed by atoms with van der Waals surface area (Å²) in [6.45, 7) is 0. The number of halogens is 2. The molecular formula is C16H13BrFN3OS. The normalized spacial score (nSPS) is 20.8. The van der Waals surface area contributed by atoms with Crippen LogP contribution in [0.15, 0.2) is 56.8 Å². The molecule has 23 heavy (non-hydrogen) atoms. The molecule has 2 aromatic rings. The zero-order chi connectivity index (χ0) is 16.8. The van der Waals surface area contributed by atoms with Crippen LogP contribution in [-0.4, -0.2) is 23.8 Å². The topological polar surface area (TPSA) is 58.7 Å². The van der Waals surface area contributed by atoms with Crippen molar-refractivity contribution in [3.8, 4) is 0 Å². The summed E-state index contributed by atoms with van der Waals surface area (Å²) in [7, 11) is 1.56. The van der Waals surface area contributed by atoms with Gasteiger partial charge in [0.15, 0.2) is 11.5 Å². The molecule has 2 aromatic carbocycles. The van der Waals surface area contributed by atoms with Gasteiger partial charge in [0.25, 0.3) is 5.91 Å². The van der Waals surface area contributed by atoms with E-state index in [-0.39, 0.29) is 16.3 Å². The van der Waals surface area contributed by atoms with Gasteiger partial charge < -0.3 is 5.73 Å². The summed E-state index contributed by atoms with van der Waals surface area (Å²) in [5.74, 6) is -0.587. The van der Waals surface area contributed by atoms with E-state index in [4.69, 9.17) is 5.73 Å². The Morgan fingerprint density at radius 3 is 2.35 bits per heavy atom. The smallest absolute Gasteiger partial charge is 0.266 e. The van der Waals surface area contributed by atoms with E-state index in [1.165, 1.54) is 11.0 Å². The number of thiol groups is 1. The second-order valence-electron chi connectivity index (χ2n) is 5.22. The van der Waals surface area contributed by atoms with E-state index in [1.807, 2.05) is 0 Å². The first-order valence-electron chi connectivity index (χ1n) is 6.75. The third-order valence-corrected chi connectivity index (χ3v) is 4.77. The summed E-state index contributed by atoms with van der Waals surface area (Å²) < 4.78 is 13.9. The highest BCUT2D eigenvalue weighted by atomic mass is 79.9. The first-order valence-corrected chi connectivity index (χ1v) is 7.99. The van der Waals surface area contributed by atoms with Crippen LogP contribution in [0.1, 0.15) is 11.1 Å². The van der Waals surface area contributed by atoms with Crippen LogP contribution in [0.5, 0.6) is 0 Å². The van der Waals surface area contributed by atoms with Crippen molar-refractivity contribution in [1.82, 2.24) is 4.90 Å². The Morgan fingerprint density at radius 1 is 1.22 bits per heavy atom. The lowest BCUT2D eigenvalue weighted by atomic mass is 9.83. The lowest BCUT2D eigenvalue weighted by Crippen LogP contribution is -2.41. The van der Waals surface area contributed by atoms with Crippen LogP contribution in [0.25, 0.3) is 0 Å². The molecule has 0 saturated heterocycles. The summed E-state index contributed by atoms with van der Waals surface area (Å²) in [6, 6.07) is 11.5. The molecule has 0 saturated carbocycles. The molecule has 1 heterocycles. The average Bonchev–Trinajstić information content (AvgIpc) is 2.76. The number of amides is 1. The second kappa shape index (κ2) is 5.65. The van der Waals surface area contributed by atoms with E-state index in [0.717, 1.165) is 4.90 Å². The molecule has 1 aliphatic heterocycles. The van der Waals surface area contributed by atoms with E-state index in [9.17, 15) is 9.18 Å². The Bertz CT molecular complexity index is 825. The number of hydrogen-bond acceptors (Lipinski definition) is 4. The van der Waals surface area contributed by atoms with Gasteiger partial charge >= 0.3 is 0 Å². The summed E-state index contributed by atoms with van der Waals surface area (Å²) in [5, 5.41) is 0. The van der Waals surface area contributed by atoms with Crippen molar-refractivity contribution in [3.63, 3.8) is 0 Å². The van der Waals surface area contributed by atoms with Gasteiger partial charge in [-0.25, -0.2) is 9.38 Å². The molecule has 1 amide bonds. The van der Waals surface area contributed by atoms with Crippen LogP contribution >= 0.6 is 28.6 Å². The number of aliphatic imine (C=N–C) groups is 1. The molecule has 0 aliphatic carbocycles. The maximum atomic E-state index is 13.6. The van der Waals surface area contributed by atoms with Gasteiger partial charge in [0, 0.05) is 11.9 Å². The molecule has 1 atom stereocenters. The minimum absolute atomic E-state index is 0.116. The third-order valence-electron chi connectivity index (χ3n) is 3.86. The highest BCUT2D eigenvalue weighted by Crippen LogP contribution is 2.40. The summed E-state index contributed by atoms with van der Waals surface area (Å²) in [4.78, 5) is 19.4. The standard InChI is InChI=1S/C16H13BrFN3OS/c1-21-14(22)16(20-15(21)19,9-2-5-11(23)6-3-9)10-4-7-13(18)12(17)8-10/h2-8,23H,1H3,(H2,19,20). The van der Waals surface area contributed by atoms with Crippen LogP contribution in [0, 0.1) is 5.82 Å². The van der Waals surface area contributed by atoms with Crippen molar-refractivity contribution in [3.05, 3.63) is 63.9 Å². The lowest BCUT2D eigenvalue weighted by molar-refractivity contribution is -0.129. The van der Waals surface area contributed by atoms with Gasteiger partial charge in [-0.05, 0) is 51.3 Å². The Kier molecular flexibility index (Phi) is 3.93.